The fourth-order valence-corrected chi connectivity index (χ4v) is 3.60. The number of benzene rings is 2. The van der Waals surface area contributed by atoms with Crippen LogP contribution in [0, 0.1) is 0 Å². The minimum Gasteiger partial charge on any atom is -0.355 e. The second-order valence-electron chi connectivity index (χ2n) is 5.66. The Balaban J connectivity index is 2.40. The van der Waals surface area contributed by atoms with E-state index in [2.05, 4.69) is 10.3 Å². The van der Waals surface area contributed by atoms with Gasteiger partial charge in [0.15, 0.2) is 9.84 Å². The van der Waals surface area contributed by atoms with Gasteiger partial charge >= 0.3 is 0 Å². The van der Waals surface area contributed by atoms with Crippen LogP contribution in [0.4, 0.5) is 8.78 Å². The quantitative estimate of drug-likeness (QED) is 0.756. The summed E-state index contributed by atoms with van der Waals surface area (Å²) in [5, 5.41) is 2.25. The Morgan fingerprint density at radius 2 is 1.92 bits per heavy atom. The summed E-state index contributed by atoms with van der Waals surface area (Å²) in [7, 11) is -2.52. The molecule has 0 spiro atoms. The van der Waals surface area contributed by atoms with Crippen LogP contribution in [0.3, 0.4) is 0 Å². The monoisotopic (exact) mass is 379 g/mol. The number of amides is 1. The van der Waals surface area contributed by atoms with E-state index in [1.54, 1.807) is 24.3 Å². The predicted octanol–water partition coefficient (Wildman–Crippen LogP) is 2.73. The van der Waals surface area contributed by atoms with Crippen molar-refractivity contribution in [3.8, 4) is 5.69 Å². The number of rotatable bonds is 4. The Bertz CT molecular complexity index is 1110. The van der Waals surface area contributed by atoms with E-state index < -0.39 is 27.7 Å². The van der Waals surface area contributed by atoms with Crippen LogP contribution < -0.4 is 5.32 Å². The molecule has 9 heteroatoms. The topological polar surface area (TPSA) is 81.1 Å². The first-order chi connectivity index (χ1) is 12.2. The van der Waals surface area contributed by atoms with Gasteiger partial charge in [-0.3, -0.25) is 9.36 Å². The third kappa shape index (κ3) is 3.05. The van der Waals surface area contributed by atoms with Crippen molar-refractivity contribution in [3.63, 3.8) is 0 Å². The van der Waals surface area contributed by atoms with Crippen LogP contribution in [-0.4, -0.2) is 37.2 Å². The highest BCUT2D eigenvalue weighted by Crippen LogP contribution is 2.32. The lowest BCUT2D eigenvalue weighted by Gasteiger charge is -2.16. The number of imidazole rings is 1. The molecular formula is C17H15F2N3O3S. The lowest BCUT2D eigenvalue weighted by molar-refractivity contribution is 0.0949. The maximum absolute atomic E-state index is 13.5. The minimum absolute atomic E-state index is 0.0177. The van der Waals surface area contributed by atoms with Gasteiger partial charge in [-0.05, 0) is 24.3 Å². The molecule has 0 unspecified atom stereocenters. The molecule has 0 aliphatic carbocycles. The molecule has 1 heterocycles. The average Bonchev–Trinajstić information content (AvgIpc) is 3.03. The minimum atomic E-state index is -3.81. The summed E-state index contributed by atoms with van der Waals surface area (Å²) in [6, 6.07) is 8.92. The highest BCUT2D eigenvalue weighted by molar-refractivity contribution is 7.90. The van der Waals surface area contributed by atoms with Crippen LogP contribution in [0.15, 0.2) is 47.6 Å². The van der Waals surface area contributed by atoms with Crippen molar-refractivity contribution in [2.45, 2.75) is 11.3 Å². The maximum atomic E-state index is 13.5. The summed E-state index contributed by atoms with van der Waals surface area (Å²) >= 11 is 0. The summed E-state index contributed by atoms with van der Waals surface area (Å²) in [4.78, 5) is 15.9. The molecule has 6 nitrogen and oxygen atoms in total. The molecule has 1 N–H and O–H groups in total. The number of hydrogen-bond acceptors (Lipinski definition) is 4. The summed E-state index contributed by atoms with van der Waals surface area (Å²) < 4.78 is 53.0. The fraction of sp³-hybridized carbons (Fsp3) is 0.176. The molecule has 0 radical (unpaired) electrons. The van der Waals surface area contributed by atoms with Gasteiger partial charge in [0.2, 0.25) is 0 Å². The molecule has 1 aromatic heterocycles. The Hall–Kier alpha value is -2.81. The number of nitrogens with zero attached hydrogens (tertiary/aromatic N) is 2. The Labute approximate surface area is 148 Å². The first kappa shape index (κ1) is 18.0. The zero-order chi connectivity index (χ0) is 19.1. The van der Waals surface area contributed by atoms with Crippen molar-refractivity contribution >= 4 is 26.8 Å². The number of alkyl halides is 2. The van der Waals surface area contributed by atoms with E-state index in [4.69, 9.17) is 0 Å². The van der Waals surface area contributed by atoms with E-state index in [9.17, 15) is 22.0 Å². The molecule has 0 bridgehead atoms. The van der Waals surface area contributed by atoms with E-state index in [1.165, 1.54) is 17.9 Å². The van der Waals surface area contributed by atoms with E-state index in [0.29, 0.717) is 11.0 Å². The Kier molecular flexibility index (Phi) is 4.49. The van der Waals surface area contributed by atoms with Crippen molar-refractivity contribution in [1.82, 2.24) is 14.9 Å². The molecule has 0 aliphatic rings. The summed E-state index contributed by atoms with van der Waals surface area (Å²) in [5.41, 5.74) is 0.232. The fourth-order valence-electron chi connectivity index (χ4n) is 2.73. The highest BCUT2D eigenvalue weighted by atomic mass is 32.2. The van der Waals surface area contributed by atoms with Gasteiger partial charge in [-0.15, -0.1) is 0 Å². The van der Waals surface area contributed by atoms with Gasteiger partial charge in [-0.25, -0.2) is 22.2 Å². The number of halogens is 2. The number of sulfone groups is 1. The number of aromatic nitrogens is 2. The van der Waals surface area contributed by atoms with Crippen molar-refractivity contribution in [1.29, 1.82) is 0 Å². The van der Waals surface area contributed by atoms with Gasteiger partial charge in [-0.2, -0.15) is 0 Å². The number of carbonyl (C=O) groups excluding carboxylic acids is 1. The molecule has 0 fully saturated rings. The van der Waals surface area contributed by atoms with E-state index in [1.807, 2.05) is 0 Å². The number of nitrogens with one attached hydrogen (secondary N) is 1. The first-order valence-electron chi connectivity index (χ1n) is 7.54. The number of para-hydroxylation sites is 2. The van der Waals surface area contributed by atoms with Gasteiger partial charge in [0.1, 0.15) is 6.33 Å². The molecule has 136 valence electrons. The van der Waals surface area contributed by atoms with Crippen molar-refractivity contribution in [3.05, 3.63) is 53.9 Å². The van der Waals surface area contributed by atoms with E-state index >= 15 is 0 Å². The van der Waals surface area contributed by atoms with Crippen LogP contribution in [0.1, 0.15) is 22.3 Å². The van der Waals surface area contributed by atoms with Gasteiger partial charge in [0, 0.05) is 24.4 Å². The Morgan fingerprint density at radius 3 is 2.54 bits per heavy atom. The van der Waals surface area contributed by atoms with Crippen LogP contribution in [0.2, 0.25) is 0 Å². The van der Waals surface area contributed by atoms with Crippen molar-refractivity contribution in [2.24, 2.45) is 0 Å². The first-order valence-corrected chi connectivity index (χ1v) is 9.44. The maximum Gasteiger partial charge on any atom is 0.264 e. The van der Waals surface area contributed by atoms with Crippen molar-refractivity contribution < 1.29 is 22.0 Å². The van der Waals surface area contributed by atoms with Crippen LogP contribution in [0.25, 0.3) is 16.7 Å². The lowest BCUT2D eigenvalue weighted by atomic mass is 10.1. The normalized spacial score (nSPS) is 11.9. The van der Waals surface area contributed by atoms with Crippen LogP contribution >= 0.6 is 0 Å². The van der Waals surface area contributed by atoms with Crippen molar-refractivity contribution in [2.75, 3.05) is 13.3 Å². The number of fused-ring (bicyclic) bond motifs is 1. The van der Waals surface area contributed by atoms with Gasteiger partial charge in [0.05, 0.1) is 21.6 Å². The average molecular weight is 379 g/mol. The number of hydrogen-bond donors (Lipinski definition) is 1. The highest BCUT2D eigenvalue weighted by Gasteiger charge is 2.25. The standard InChI is InChI=1S/C17H15F2N3O3S/c1-20-17(23)11-8-15(26(2,24)25)14(7-10(11)16(18)19)22-9-21-12-5-3-4-6-13(12)22/h3-9,16H,1-2H3,(H,20,23). The third-order valence-corrected chi connectivity index (χ3v) is 5.08. The largest absolute Gasteiger partial charge is 0.355 e. The van der Waals surface area contributed by atoms with E-state index in [0.717, 1.165) is 18.4 Å². The molecule has 3 aromatic rings. The SMILES string of the molecule is CNC(=O)c1cc(S(C)(=O)=O)c(-n2cnc3ccccc32)cc1C(F)F. The summed E-state index contributed by atoms with van der Waals surface area (Å²) in [6.45, 7) is 0. The zero-order valence-electron chi connectivity index (χ0n) is 13.9. The summed E-state index contributed by atoms with van der Waals surface area (Å²) in [5.74, 6) is -0.785. The second kappa shape index (κ2) is 6.49. The molecule has 26 heavy (non-hydrogen) atoms. The molecule has 2 aromatic carbocycles. The van der Waals surface area contributed by atoms with E-state index in [-0.39, 0.29) is 16.1 Å². The van der Waals surface area contributed by atoms with Gasteiger partial charge < -0.3 is 5.32 Å². The van der Waals surface area contributed by atoms with Gasteiger partial charge in [-0.1, -0.05) is 12.1 Å². The van der Waals surface area contributed by atoms with Crippen LogP contribution in [-0.2, 0) is 9.84 Å². The molecular weight excluding hydrogens is 364 g/mol. The molecule has 0 saturated heterocycles. The molecule has 0 aliphatic heterocycles. The molecule has 1 amide bonds. The van der Waals surface area contributed by atoms with Gasteiger partial charge in [0.25, 0.3) is 12.3 Å². The smallest absolute Gasteiger partial charge is 0.264 e. The molecule has 0 saturated carbocycles. The molecule has 3 rings (SSSR count). The molecule has 0 atom stereocenters. The summed E-state index contributed by atoms with van der Waals surface area (Å²) in [6.07, 6.45) is -0.631. The zero-order valence-corrected chi connectivity index (χ0v) is 14.7. The Morgan fingerprint density at radius 1 is 1.23 bits per heavy atom. The second-order valence-corrected chi connectivity index (χ2v) is 7.65. The number of carbonyl (C=O) groups is 1. The third-order valence-electron chi connectivity index (χ3n) is 3.95. The predicted molar refractivity (Wildman–Crippen MR) is 92.5 cm³/mol. The van der Waals surface area contributed by atoms with Crippen LogP contribution in [0.5, 0.6) is 0 Å². The lowest BCUT2D eigenvalue weighted by Crippen LogP contribution is -2.21.